The summed E-state index contributed by atoms with van der Waals surface area (Å²) in [6.07, 6.45) is 3.42. The predicted molar refractivity (Wildman–Crippen MR) is 80.8 cm³/mol. The molecular weight excluding hydrogens is 278 g/mol. The zero-order valence-electron chi connectivity index (χ0n) is 11.8. The fraction of sp³-hybridized carbons (Fsp3) is 0.0625. The second-order valence-electron chi connectivity index (χ2n) is 4.81. The van der Waals surface area contributed by atoms with E-state index >= 15 is 0 Å². The molecule has 6 heteroatoms. The maximum absolute atomic E-state index is 5.37. The van der Waals surface area contributed by atoms with Crippen molar-refractivity contribution in [2.75, 3.05) is 0 Å². The van der Waals surface area contributed by atoms with Crippen molar-refractivity contribution in [3.8, 4) is 23.0 Å². The number of pyridine rings is 3. The maximum Gasteiger partial charge on any atom is 0.260 e. The van der Waals surface area contributed by atoms with Crippen molar-refractivity contribution in [1.82, 2.24) is 25.1 Å². The molecule has 0 aliphatic heterocycles. The lowest BCUT2D eigenvalue weighted by molar-refractivity contribution is 0.432. The standard InChI is InChI=1S/C16H11N5O/c1-10-12(9-11-5-4-8-18-14(11)19-10)16-20-15(21-22-16)13-6-2-3-7-17-13/h2-9H,1H3. The molecule has 0 N–H and O–H groups in total. The smallest absolute Gasteiger partial charge is 0.260 e. The molecule has 4 heterocycles. The topological polar surface area (TPSA) is 77.6 Å². The van der Waals surface area contributed by atoms with Crippen LogP contribution in [0.2, 0.25) is 0 Å². The van der Waals surface area contributed by atoms with E-state index in [1.807, 2.05) is 43.3 Å². The maximum atomic E-state index is 5.37. The highest BCUT2D eigenvalue weighted by molar-refractivity contribution is 5.80. The lowest BCUT2D eigenvalue weighted by Crippen LogP contribution is -1.91. The van der Waals surface area contributed by atoms with Crippen LogP contribution in [0.5, 0.6) is 0 Å². The third-order valence-corrected chi connectivity index (χ3v) is 3.33. The van der Waals surface area contributed by atoms with Gasteiger partial charge in [0.15, 0.2) is 5.65 Å². The van der Waals surface area contributed by atoms with Gasteiger partial charge in [0.2, 0.25) is 5.82 Å². The average Bonchev–Trinajstić information content (AvgIpc) is 3.05. The number of hydrogen-bond donors (Lipinski definition) is 0. The largest absolute Gasteiger partial charge is 0.333 e. The highest BCUT2D eigenvalue weighted by Crippen LogP contribution is 2.25. The molecule has 0 aliphatic carbocycles. The Kier molecular flexibility index (Phi) is 2.86. The minimum Gasteiger partial charge on any atom is -0.333 e. The van der Waals surface area contributed by atoms with Crippen molar-refractivity contribution in [2.24, 2.45) is 0 Å². The number of fused-ring (bicyclic) bond motifs is 1. The van der Waals surface area contributed by atoms with Crippen LogP contribution >= 0.6 is 0 Å². The molecule has 0 saturated carbocycles. The summed E-state index contributed by atoms with van der Waals surface area (Å²) < 4.78 is 5.37. The van der Waals surface area contributed by atoms with Crippen molar-refractivity contribution in [3.63, 3.8) is 0 Å². The first-order chi connectivity index (χ1) is 10.8. The fourth-order valence-corrected chi connectivity index (χ4v) is 2.24. The van der Waals surface area contributed by atoms with Gasteiger partial charge in [-0.1, -0.05) is 11.2 Å². The summed E-state index contributed by atoms with van der Waals surface area (Å²) in [4.78, 5) is 17.4. The van der Waals surface area contributed by atoms with Crippen molar-refractivity contribution >= 4 is 11.0 Å². The molecular formula is C16H11N5O. The predicted octanol–water partition coefficient (Wildman–Crippen LogP) is 3.05. The molecule has 0 atom stereocenters. The van der Waals surface area contributed by atoms with E-state index in [4.69, 9.17) is 4.52 Å². The van der Waals surface area contributed by atoms with E-state index < -0.39 is 0 Å². The van der Waals surface area contributed by atoms with Crippen LogP contribution in [0, 0.1) is 6.92 Å². The van der Waals surface area contributed by atoms with E-state index in [-0.39, 0.29) is 0 Å². The lowest BCUT2D eigenvalue weighted by atomic mass is 10.1. The van der Waals surface area contributed by atoms with Crippen molar-refractivity contribution < 1.29 is 4.52 Å². The minimum atomic E-state index is 0.427. The van der Waals surface area contributed by atoms with Crippen molar-refractivity contribution in [3.05, 3.63) is 54.5 Å². The molecule has 0 unspecified atom stereocenters. The van der Waals surface area contributed by atoms with E-state index in [0.29, 0.717) is 23.1 Å². The first-order valence-electron chi connectivity index (χ1n) is 6.79. The Morgan fingerprint density at radius 1 is 0.955 bits per heavy atom. The average molecular weight is 289 g/mol. The first kappa shape index (κ1) is 12.6. The zero-order valence-corrected chi connectivity index (χ0v) is 11.8. The second kappa shape index (κ2) is 5.00. The Morgan fingerprint density at radius 3 is 2.73 bits per heavy atom. The molecule has 0 spiro atoms. The van der Waals surface area contributed by atoms with Gasteiger partial charge in [-0.15, -0.1) is 0 Å². The van der Waals surface area contributed by atoms with Gasteiger partial charge >= 0.3 is 0 Å². The Hall–Kier alpha value is -3.15. The minimum absolute atomic E-state index is 0.427. The van der Waals surface area contributed by atoms with E-state index in [1.54, 1.807) is 12.4 Å². The molecule has 0 saturated heterocycles. The summed E-state index contributed by atoms with van der Waals surface area (Å²) >= 11 is 0. The molecule has 6 nitrogen and oxygen atoms in total. The van der Waals surface area contributed by atoms with Gasteiger partial charge in [0.1, 0.15) is 5.69 Å². The van der Waals surface area contributed by atoms with E-state index in [1.165, 1.54) is 0 Å². The van der Waals surface area contributed by atoms with E-state index in [0.717, 1.165) is 16.6 Å². The Balaban J connectivity index is 1.82. The van der Waals surface area contributed by atoms with Gasteiger partial charge in [-0.25, -0.2) is 9.97 Å². The van der Waals surface area contributed by atoms with Crippen LogP contribution in [0.4, 0.5) is 0 Å². The zero-order chi connectivity index (χ0) is 14.9. The highest BCUT2D eigenvalue weighted by atomic mass is 16.5. The van der Waals surface area contributed by atoms with E-state index in [9.17, 15) is 0 Å². The van der Waals surface area contributed by atoms with Gasteiger partial charge in [0.05, 0.1) is 11.3 Å². The summed E-state index contributed by atoms with van der Waals surface area (Å²) in [5.74, 6) is 0.887. The summed E-state index contributed by atoms with van der Waals surface area (Å²) in [5.41, 5.74) is 2.97. The Labute approximate surface area is 125 Å². The molecule has 0 fully saturated rings. The number of aromatic nitrogens is 5. The van der Waals surface area contributed by atoms with Crippen molar-refractivity contribution in [2.45, 2.75) is 6.92 Å². The monoisotopic (exact) mass is 289 g/mol. The molecule has 22 heavy (non-hydrogen) atoms. The van der Waals surface area contributed by atoms with Crippen LogP contribution in [0.15, 0.2) is 53.3 Å². The number of rotatable bonds is 2. The third kappa shape index (κ3) is 2.10. The number of aryl methyl sites for hydroxylation is 1. The van der Waals surface area contributed by atoms with Gasteiger partial charge < -0.3 is 4.52 Å². The molecule has 4 aromatic heterocycles. The van der Waals surface area contributed by atoms with Crippen LogP contribution in [0.25, 0.3) is 34.0 Å². The second-order valence-corrected chi connectivity index (χ2v) is 4.81. The molecule has 0 bridgehead atoms. The highest BCUT2D eigenvalue weighted by Gasteiger charge is 2.15. The SMILES string of the molecule is Cc1nc2ncccc2cc1-c1nc(-c2ccccn2)no1. The first-order valence-corrected chi connectivity index (χ1v) is 6.79. The van der Waals surface area contributed by atoms with Crippen LogP contribution in [-0.4, -0.2) is 25.1 Å². The van der Waals surface area contributed by atoms with Gasteiger partial charge in [-0.05, 0) is 37.3 Å². The van der Waals surface area contributed by atoms with Gasteiger partial charge in [0.25, 0.3) is 5.89 Å². The van der Waals surface area contributed by atoms with Gasteiger partial charge in [0, 0.05) is 17.8 Å². The summed E-state index contributed by atoms with van der Waals surface area (Å²) in [6.45, 7) is 1.90. The fourth-order valence-electron chi connectivity index (χ4n) is 2.24. The van der Waals surface area contributed by atoms with Crippen LogP contribution < -0.4 is 0 Å². The Bertz CT molecular complexity index is 949. The van der Waals surface area contributed by atoms with Gasteiger partial charge in [-0.3, -0.25) is 4.98 Å². The normalized spacial score (nSPS) is 11.0. The van der Waals surface area contributed by atoms with Crippen LogP contribution in [0.1, 0.15) is 5.69 Å². The van der Waals surface area contributed by atoms with Crippen LogP contribution in [0.3, 0.4) is 0 Å². The Morgan fingerprint density at radius 2 is 1.86 bits per heavy atom. The summed E-state index contributed by atoms with van der Waals surface area (Å²) in [6, 6.07) is 11.3. The number of nitrogens with zero attached hydrogens (tertiary/aromatic N) is 5. The number of hydrogen-bond acceptors (Lipinski definition) is 6. The van der Waals surface area contributed by atoms with Gasteiger partial charge in [-0.2, -0.15) is 4.98 Å². The molecule has 4 aromatic rings. The van der Waals surface area contributed by atoms with Crippen molar-refractivity contribution in [1.29, 1.82) is 0 Å². The third-order valence-electron chi connectivity index (χ3n) is 3.33. The molecule has 4 rings (SSSR count). The molecule has 106 valence electrons. The molecule has 0 amide bonds. The van der Waals surface area contributed by atoms with E-state index in [2.05, 4.69) is 25.1 Å². The summed E-state index contributed by atoms with van der Waals surface area (Å²) in [7, 11) is 0. The molecule has 0 aromatic carbocycles. The summed E-state index contributed by atoms with van der Waals surface area (Å²) in [5, 5.41) is 4.92. The molecule has 0 aliphatic rings. The molecule has 0 radical (unpaired) electrons. The quantitative estimate of drug-likeness (QED) is 0.564. The van der Waals surface area contributed by atoms with Crippen LogP contribution in [-0.2, 0) is 0 Å². The lowest BCUT2D eigenvalue weighted by Gasteiger charge is -2.02.